The first kappa shape index (κ1) is 14.7. The van der Waals surface area contributed by atoms with E-state index in [1.54, 1.807) is 5.06 Å². The van der Waals surface area contributed by atoms with Crippen LogP contribution >= 0.6 is 0 Å². The largest absolute Gasteiger partial charge is 0.293 e. The lowest BCUT2D eigenvalue weighted by Crippen LogP contribution is -2.61. The van der Waals surface area contributed by atoms with Crippen LogP contribution in [0.1, 0.15) is 36.0 Å². The van der Waals surface area contributed by atoms with Crippen LogP contribution in [0.5, 0.6) is 0 Å². The lowest BCUT2D eigenvalue weighted by atomic mass is 9.90. The number of benzene rings is 1. The number of hydroxylamine groups is 2. The molecule has 5 nitrogen and oxygen atoms in total. The van der Waals surface area contributed by atoms with E-state index in [4.69, 9.17) is 10.1 Å². The number of hydrogen-bond donors (Lipinski definition) is 0. The molecule has 0 N–H and O–H groups in total. The van der Waals surface area contributed by atoms with Crippen LogP contribution in [0.25, 0.3) is 0 Å². The van der Waals surface area contributed by atoms with Crippen LogP contribution in [-0.2, 0) is 16.2 Å². The van der Waals surface area contributed by atoms with E-state index in [-0.39, 0.29) is 11.5 Å². The van der Waals surface area contributed by atoms with Crippen LogP contribution < -0.4 is 0 Å². The summed E-state index contributed by atoms with van der Waals surface area (Å²) in [7, 11) is 0. The number of aryl methyl sites for hydroxylation is 1. The van der Waals surface area contributed by atoms with Crippen molar-refractivity contribution in [3.63, 3.8) is 0 Å². The average molecular weight is 311 g/mol. The van der Waals surface area contributed by atoms with Gasteiger partial charge in [0.05, 0.1) is 24.6 Å². The molecular weight excluding hydrogens is 290 g/mol. The first-order valence-corrected chi connectivity index (χ1v) is 8.28. The number of carbonyl (C=O) groups excluding carboxylic acids is 1. The fourth-order valence-electron chi connectivity index (χ4n) is 3.55. The molecule has 2 heterocycles. The van der Waals surface area contributed by atoms with E-state index >= 15 is 0 Å². The summed E-state index contributed by atoms with van der Waals surface area (Å²) < 4.78 is 0. The predicted molar refractivity (Wildman–Crippen MR) is 84.0 cm³/mol. The van der Waals surface area contributed by atoms with Gasteiger partial charge in [-0.15, -0.1) is 0 Å². The summed E-state index contributed by atoms with van der Waals surface area (Å²) in [4.78, 5) is 20.3. The monoisotopic (exact) mass is 311 g/mol. The average Bonchev–Trinajstić information content (AvgIpc) is 3.24. The quantitative estimate of drug-likeness (QED) is 0.853. The number of likely N-dealkylation sites (tertiary alicyclic amines) is 1. The highest BCUT2D eigenvalue weighted by molar-refractivity contribution is 5.78. The number of amides is 1. The van der Waals surface area contributed by atoms with Gasteiger partial charge >= 0.3 is 0 Å². The van der Waals surface area contributed by atoms with Crippen LogP contribution in [0.2, 0.25) is 0 Å². The molecule has 1 aromatic carbocycles. The maximum absolute atomic E-state index is 12.1. The Labute approximate surface area is 136 Å². The molecule has 0 unspecified atom stereocenters. The Bertz CT molecular complexity index is 684. The summed E-state index contributed by atoms with van der Waals surface area (Å²) in [6.07, 6.45) is 2.95. The highest BCUT2D eigenvalue weighted by Crippen LogP contribution is 2.39. The molecule has 23 heavy (non-hydrogen) atoms. The number of nitrogens with zero attached hydrogens (tertiary/aromatic N) is 3. The first-order chi connectivity index (χ1) is 11.1. The SMILES string of the molecule is Cc1ccc(CN2CC3(CC(=O)N(CC4CC4)O3)C2)cc1C#N. The molecule has 2 aliphatic heterocycles. The Morgan fingerprint density at radius 2 is 2.17 bits per heavy atom. The van der Waals surface area contributed by atoms with Crippen LogP contribution in [0.4, 0.5) is 0 Å². The van der Waals surface area contributed by atoms with Crippen LogP contribution in [0.15, 0.2) is 18.2 Å². The van der Waals surface area contributed by atoms with Crippen molar-refractivity contribution in [2.24, 2.45) is 5.92 Å². The van der Waals surface area contributed by atoms with E-state index in [0.717, 1.165) is 42.9 Å². The molecule has 3 fully saturated rings. The summed E-state index contributed by atoms with van der Waals surface area (Å²) in [6.45, 7) is 5.10. The van der Waals surface area contributed by atoms with Crippen LogP contribution in [0, 0.1) is 24.2 Å². The van der Waals surface area contributed by atoms with Crippen molar-refractivity contribution in [1.29, 1.82) is 5.26 Å². The van der Waals surface area contributed by atoms with Crippen molar-refractivity contribution >= 4 is 5.91 Å². The lowest BCUT2D eigenvalue weighted by Gasteiger charge is -2.46. The fraction of sp³-hybridized carbons (Fsp3) is 0.556. The van der Waals surface area contributed by atoms with Gasteiger partial charge in [0.2, 0.25) is 5.91 Å². The minimum Gasteiger partial charge on any atom is -0.293 e. The Kier molecular flexibility index (Phi) is 3.40. The van der Waals surface area contributed by atoms with E-state index in [1.165, 1.54) is 12.8 Å². The second-order valence-electron chi connectivity index (χ2n) is 7.26. The summed E-state index contributed by atoms with van der Waals surface area (Å²) in [5, 5.41) is 10.7. The fourth-order valence-corrected chi connectivity index (χ4v) is 3.55. The molecule has 1 aliphatic carbocycles. The minimum absolute atomic E-state index is 0.138. The highest BCUT2D eigenvalue weighted by atomic mass is 16.7. The number of carbonyl (C=O) groups is 1. The molecule has 1 aromatic rings. The summed E-state index contributed by atoms with van der Waals surface area (Å²) >= 11 is 0. The smallest absolute Gasteiger partial charge is 0.249 e. The molecule has 1 saturated carbocycles. The molecule has 0 radical (unpaired) electrons. The zero-order valence-corrected chi connectivity index (χ0v) is 13.4. The molecule has 1 spiro atoms. The first-order valence-electron chi connectivity index (χ1n) is 8.28. The van der Waals surface area contributed by atoms with Gasteiger partial charge in [0, 0.05) is 19.6 Å². The van der Waals surface area contributed by atoms with E-state index in [1.807, 2.05) is 19.1 Å². The van der Waals surface area contributed by atoms with Gasteiger partial charge < -0.3 is 0 Å². The molecule has 0 bridgehead atoms. The third-order valence-corrected chi connectivity index (χ3v) is 5.03. The normalized spacial score (nSPS) is 23.1. The number of hydrogen-bond acceptors (Lipinski definition) is 4. The lowest BCUT2D eigenvalue weighted by molar-refractivity contribution is -0.238. The van der Waals surface area contributed by atoms with Crippen molar-refractivity contribution in [3.8, 4) is 6.07 Å². The van der Waals surface area contributed by atoms with Gasteiger partial charge in [-0.1, -0.05) is 12.1 Å². The highest BCUT2D eigenvalue weighted by Gasteiger charge is 2.53. The molecule has 3 aliphatic rings. The molecule has 0 aromatic heterocycles. The number of nitriles is 1. The van der Waals surface area contributed by atoms with Gasteiger partial charge in [-0.2, -0.15) is 5.26 Å². The summed E-state index contributed by atoms with van der Waals surface area (Å²) in [5.74, 6) is 0.792. The van der Waals surface area contributed by atoms with Crippen LogP contribution in [0.3, 0.4) is 0 Å². The topological polar surface area (TPSA) is 56.6 Å². The predicted octanol–water partition coefficient (Wildman–Crippen LogP) is 2.00. The number of rotatable bonds is 4. The van der Waals surface area contributed by atoms with Gasteiger partial charge in [-0.3, -0.25) is 14.5 Å². The minimum atomic E-state index is -0.297. The maximum atomic E-state index is 12.1. The van der Waals surface area contributed by atoms with E-state index in [2.05, 4.69) is 17.0 Å². The van der Waals surface area contributed by atoms with Crippen molar-refractivity contribution < 1.29 is 9.63 Å². The van der Waals surface area contributed by atoms with Crippen molar-refractivity contribution in [3.05, 3.63) is 34.9 Å². The Morgan fingerprint density at radius 3 is 2.87 bits per heavy atom. The van der Waals surface area contributed by atoms with Gasteiger partial charge in [0.1, 0.15) is 5.60 Å². The molecule has 0 atom stereocenters. The zero-order chi connectivity index (χ0) is 16.0. The maximum Gasteiger partial charge on any atom is 0.249 e. The van der Waals surface area contributed by atoms with Gasteiger partial charge in [-0.25, -0.2) is 5.06 Å². The van der Waals surface area contributed by atoms with E-state index in [0.29, 0.717) is 12.3 Å². The second kappa shape index (κ2) is 5.33. The Balaban J connectivity index is 1.35. The van der Waals surface area contributed by atoms with Crippen molar-refractivity contribution in [1.82, 2.24) is 9.96 Å². The van der Waals surface area contributed by atoms with Crippen molar-refractivity contribution in [2.45, 2.75) is 38.3 Å². The van der Waals surface area contributed by atoms with E-state index < -0.39 is 0 Å². The van der Waals surface area contributed by atoms with Crippen molar-refractivity contribution in [2.75, 3.05) is 19.6 Å². The van der Waals surface area contributed by atoms with Gasteiger partial charge in [-0.05, 0) is 42.9 Å². The Hall–Kier alpha value is -1.90. The molecule has 1 amide bonds. The van der Waals surface area contributed by atoms with Gasteiger partial charge in [0.25, 0.3) is 0 Å². The third kappa shape index (κ3) is 2.85. The molecule has 4 rings (SSSR count). The third-order valence-electron chi connectivity index (χ3n) is 5.03. The molecule has 120 valence electrons. The standard InChI is InChI=1S/C18H21N3O2/c1-13-2-3-15(6-16(13)8-19)9-20-11-18(12-20)7-17(22)21(23-18)10-14-4-5-14/h2-3,6,14H,4-5,7,9-12H2,1H3. The zero-order valence-electron chi connectivity index (χ0n) is 13.4. The van der Waals surface area contributed by atoms with Crippen LogP contribution in [-0.4, -0.2) is 41.1 Å². The summed E-state index contributed by atoms with van der Waals surface area (Å²) in [5.41, 5.74) is 2.59. The Morgan fingerprint density at radius 1 is 1.39 bits per heavy atom. The van der Waals surface area contributed by atoms with Gasteiger partial charge in [0.15, 0.2) is 0 Å². The molecule has 5 heteroatoms. The molecular formula is C18H21N3O2. The summed E-state index contributed by atoms with van der Waals surface area (Å²) in [6, 6.07) is 8.26. The molecule has 2 saturated heterocycles. The van der Waals surface area contributed by atoms with E-state index in [9.17, 15) is 4.79 Å². The second-order valence-corrected chi connectivity index (χ2v) is 7.26.